The van der Waals surface area contributed by atoms with E-state index in [1.165, 1.54) is 44.1 Å². The molecule has 68 valence electrons. The van der Waals surface area contributed by atoms with Gasteiger partial charge < -0.3 is 4.74 Å². The maximum Gasteiger partial charge on any atom is 0.0581 e. The summed E-state index contributed by atoms with van der Waals surface area (Å²) < 4.78 is 5.81. The molecule has 2 aliphatic carbocycles. The molecule has 0 radical (unpaired) electrons. The highest BCUT2D eigenvalue weighted by Crippen LogP contribution is 2.31. The molecule has 0 amide bonds. The molecular formula is C11H18O. The number of hydrogen-bond acceptors (Lipinski definition) is 1. The van der Waals surface area contributed by atoms with Gasteiger partial charge in [0.1, 0.15) is 0 Å². The summed E-state index contributed by atoms with van der Waals surface area (Å²) in [4.78, 5) is 0. The minimum atomic E-state index is 0.552. The fourth-order valence-electron chi connectivity index (χ4n) is 1.72. The Hall–Kier alpha value is -0.300. The summed E-state index contributed by atoms with van der Waals surface area (Å²) in [5.41, 5.74) is 1.42. The van der Waals surface area contributed by atoms with Gasteiger partial charge >= 0.3 is 0 Å². The minimum absolute atomic E-state index is 0.552. The molecule has 0 aromatic rings. The van der Waals surface area contributed by atoms with E-state index in [0.29, 0.717) is 6.10 Å². The van der Waals surface area contributed by atoms with Crippen molar-refractivity contribution >= 4 is 0 Å². The molecule has 0 spiro atoms. The third kappa shape index (κ3) is 2.34. The fraction of sp³-hybridized carbons (Fsp3) is 0.818. The second-order valence-corrected chi connectivity index (χ2v) is 4.23. The van der Waals surface area contributed by atoms with Crippen molar-refractivity contribution in [2.45, 2.75) is 44.6 Å². The molecule has 2 aliphatic rings. The zero-order chi connectivity index (χ0) is 8.39. The standard InChI is InChI=1S/C11H18O/c1-9-2-6-11(7-3-9)12-8-10-4-5-10/h10-11H,1-8H2. The van der Waals surface area contributed by atoms with Crippen molar-refractivity contribution in [3.8, 4) is 0 Å². The lowest BCUT2D eigenvalue weighted by Gasteiger charge is -2.23. The molecule has 2 rings (SSSR count). The monoisotopic (exact) mass is 166 g/mol. The van der Waals surface area contributed by atoms with E-state index in [0.717, 1.165) is 12.5 Å². The van der Waals surface area contributed by atoms with Crippen molar-refractivity contribution < 1.29 is 4.74 Å². The van der Waals surface area contributed by atoms with Gasteiger partial charge in [0.05, 0.1) is 6.10 Å². The van der Waals surface area contributed by atoms with Gasteiger partial charge in [0.15, 0.2) is 0 Å². The highest BCUT2D eigenvalue weighted by molar-refractivity contribution is 4.98. The summed E-state index contributed by atoms with van der Waals surface area (Å²) in [6.45, 7) is 5.03. The fourth-order valence-corrected chi connectivity index (χ4v) is 1.72. The zero-order valence-electron chi connectivity index (χ0n) is 7.72. The summed E-state index contributed by atoms with van der Waals surface area (Å²) in [7, 11) is 0. The van der Waals surface area contributed by atoms with Gasteiger partial charge in [-0.15, -0.1) is 0 Å². The van der Waals surface area contributed by atoms with E-state index in [1.807, 2.05) is 0 Å². The second kappa shape index (κ2) is 3.61. The first-order chi connectivity index (χ1) is 5.84. The van der Waals surface area contributed by atoms with Gasteiger partial charge in [-0.25, -0.2) is 0 Å². The first-order valence-corrected chi connectivity index (χ1v) is 5.13. The van der Waals surface area contributed by atoms with Crippen LogP contribution in [0.15, 0.2) is 12.2 Å². The van der Waals surface area contributed by atoms with E-state index >= 15 is 0 Å². The molecule has 0 unspecified atom stereocenters. The highest BCUT2D eigenvalue weighted by Gasteiger charge is 2.24. The quantitative estimate of drug-likeness (QED) is 0.586. The summed E-state index contributed by atoms with van der Waals surface area (Å²) in [6.07, 6.45) is 8.16. The molecule has 0 atom stereocenters. The van der Waals surface area contributed by atoms with E-state index in [4.69, 9.17) is 4.74 Å². The van der Waals surface area contributed by atoms with Gasteiger partial charge in [-0.05, 0) is 44.4 Å². The average molecular weight is 166 g/mol. The van der Waals surface area contributed by atoms with E-state index in [-0.39, 0.29) is 0 Å². The van der Waals surface area contributed by atoms with Crippen LogP contribution < -0.4 is 0 Å². The molecule has 0 aliphatic heterocycles. The molecule has 0 N–H and O–H groups in total. The molecule has 12 heavy (non-hydrogen) atoms. The summed E-state index contributed by atoms with van der Waals surface area (Å²) in [5, 5.41) is 0. The van der Waals surface area contributed by atoms with Crippen LogP contribution in [-0.2, 0) is 4.74 Å². The number of ether oxygens (including phenoxy) is 1. The number of rotatable bonds is 3. The Labute approximate surface area is 74.8 Å². The largest absolute Gasteiger partial charge is 0.378 e. The van der Waals surface area contributed by atoms with Crippen LogP contribution in [0.25, 0.3) is 0 Å². The highest BCUT2D eigenvalue weighted by atomic mass is 16.5. The lowest BCUT2D eigenvalue weighted by Crippen LogP contribution is -2.18. The maximum atomic E-state index is 5.81. The summed E-state index contributed by atoms with van der Waals surface area (Å²) in [6, 6.07) is 0. The molecular weight excluding hydrogens is 148 g/mol. The Morgan fingerprint density at radius 3 is 2.42 bits per heavy atom. The van der Waals surface area contributed by atoms with E-state index < -0.39 is 0 Å². The van der Waals surface area contributed by atoms with Crippen molar-refractivity contribution in [2.24, 2.45) is 5.92 Å². The Kier molecular flexibility index (Phi) is 2.50. The third-order valence-corrected chi connectivity index (χ3v) is 2.90. The van der Waals surface area contributed by atoms with Gasteiger partial charge in [-0.1, -0.05) is 12.2 Å². The lowest BCUT2D eigenvalue weighted by molar-refractivity contribution is 0.0290. The van der Waals surface area contributed by atoms with Crippen LogP contribution >= 0.6 is 0 Å². The molecule has 0 heterocycles. The van der Waals surface area contributed by atoms with Gasteiger partial charge in [0.25, 0.3) is 0 Å². The Bertz CT molecular complexity index is 160. The second-order valence-electron chi connectivity index (χ2n) is 4.23. The van der Waals surface area contributed by atoms with Gasteiger partial charge in [0.2, 0.25) is 0 Å². The predicted molar refractivity (Wildman–Crippen MR) is 50.1 cm³/mol. The van der Waals surface area contributed by atoms with Crippen LogP contribution in [-0.4, -0.2) is 12.7 Å². The Morgan fingerprint density at radius 2 is 1.83 bits per heavy atom. The SMILES string of the molecule is C=C1CCC(OCC2CC2)CC1. The third-order valence-electron chi connectivity index (χ3n) is 2.90. The van der Waals surface area contributed by atoms with E-state index in [2.05, 4.69) is 6.58 Å². The first-order valence-electron chi connectivity index (χ1n) is 5.13. The van der Waals surface area contributed by atoms with Crippen molar-refractivity contribution in [3.63, 3.8) is 0 Å². The van der Waals surface area contributed by atoms with Crippen LogP contribution in [0.2, 0.25) is 0 Å². The lowest BCUT2D eigenvalue weighted by atomic mass is 9.94. The van der Waals surface area contributed by atoms with Crippen molar-refractivity contribution in [2.75, 3.05) is 6.61 Å². The van der Waals surface area contributed by atoms with E-state index in [1.54, 1.807) is 0 Å². The molecule has 2 fully saturated rings. The van der Waals surface area contributed by atoms with Gasteiger partial charge in [-0.2, -0.15) is 0 Å². The summed E-state index contributed by atoms with van der Waals surface area (Å²) in [5.74, 6) is 0.912. The Morgan fingerprint density at radius 1 is 1.17 bits per heavy atom. The van der Waals surface area contributed by atoms with Crippen LogP contribution in [0.3, 0.4) is 0 Å². The topological polar surface area (TPSA) is 9.23 Å². The zero-order valence-corrected chi connectivity index (χ0v) is 7.72. The van der Waals surface area contributed by atoms with Crippen LogP contribution in [0.4, 0.5) is 0 Å². The molecule has 2 saturated carbocycles. The van der Waals surface area contributed by atoms with Gasteiger partial charge in [-0.3, -0.25) is 0 Å². The van der Waals surface area contributed by atoms with E-state index in [9.17, 15) is 0 Å². The molecule has 0 saturated heterocycles. The van der Waals surface area contributed by atoms with Gasteiger partial charge in [0, 0.05) is 6.61 Å². The summed E-state index contributed by atoms with van der Waals surface area (Å²) >= 11 is 0. The van der Waals surface area contributed by atoms with Crippen molar-refractivity contribution in [1.82, 2.24) is 0 Å². The Balaban J connectivity index is 1.63. The number of allylic oxidation sites excluding steroid dienone is 1. The first kappa shape index (κ1) is 8.31. The van der Waals surface area contributed by atoms with Crippen LogP contribution in [0.5, 0.6) is 0 Å². The van der Waals surface area contributed by atoms with Crippen molar-refractivity contribution in [3.05, 3.63) is 12.2 Å². The predicted octanol–water partition coefficient (Wildman–Crippen LogP) is 2.91. The molecule has 0 aromatic heterocycles. The van der Waals surface area contributed by atoms with Crippen molar-refractivity contribution in [1.29, 1.82) is 0 Å². The molecule has 0 bridgehead atoms. The molecule has 0 aromatic carbocycles. The molecule has 1 heteroatoms. The normalized spacial score (nSPS) is 26.2. The minimum Gasteiger partial charge on any atom is -0.378 e. The average Bonchev–Trinajstić information content (AvgIpc) is 2.87. The smallest absolute Gasteiger partial charge is 0.0581 e. The van der Waals surface area contributed by atoms with Crippen LogP contribution in [0.1, 0.15) is 38.5 Å². The van der Waals surface area contributed by atoms with Crippen LogP contribution in [0, 0.1) is 5.92 Å². The molecule has 1 nitrogen and oxygen atoms in total. The maximum absolute atomic E-state index is 5.81. The number of hydrogen-bond donors (Lipinski definition) is 0.